The first-order valence-corrected chi connectivity index (χ1v) is 14.9. The number of furan rings is 2. The fraction of sp³-hybridized carbons (Fsp3) is 0.125. The van der Waals surface area contributed by atoms with E-state index in [9.17, 15) is 24.5 Å². The first kappa shape index (κ1) is 30.5. The van der Waals surface area contributed by atoms with Crippen molar-refractivity contribution in [3.05, 3.63) is 130 Å². The number of esters is 1. The second-order valence-electron chi connectivity index (χ2n) is 10.0. The number of rotatable bonds is 8. The molecule has 0 saturated carbocycles. The maximum Gasteiger partial charge on any atom is 0.338 e. The third-order valence-corrected chi connectivity index (χ3v) is 8.47. The number of nitro benzene ring substituents is 1. The van der Waals surface area contributed by atoms with Crippen LogP contribution in [0.15, 0.2) is 96.6 Å². The minimum absolute atomic E-state index is 0.0826. The lowest BCUT2D eigenvalue weighted by molar-refractivity contribution is -0.384. The zero-order valence-electron chi connectivity index (χ0n) is 24.1. The summed E-state index contributed by atoms with van der Waals surface area (Å²) in [6, 6.07) is 15.6. The smallest absolute Gasteiger partial charge is 0.338 e. The molecule has 1 atom stereocenters. The van der Waals surface area contributed by atoms with Crippen LogP contribution in [0.1, 0.15) is 41.8 Å². The van der Waals surface area contributed by atoms with Crippen LogP contribution in [0.3, 0.4) is 0 Å². The van der Waals surface area contributed by atoms with Crippen molar-refractivity contribution in [2.24, 2.45) is 4.99 Å². The molecule has 0 unspecified atom stereocenters. The van der Waals surface area contributed by atoms with E-state index in [0.29, 0.717) is 27.6 Å². The van der Waals surface area contributed by atoms with Gasteiger partial charge in [-0.05, 0) is 56.3 Å². The van der Waals surface area contributed by atoms with Gasteiger partial charge in [0.1, 0.15) is 29.1 Å². The highest BCUT2D eigenvalue weighted by Crippen LogP contribution is 2.37. The van der Waals surface area contributed by atoms with Crippen molar-refractivity contribution < 1.29 is 33.2 Å². The van der Waals surface area contributed by atoms with E-state index in [1.54, 1.807) is 56.3 Å². The van der Waals surface area contributed by atoms with E-state index >= 15 is 0 Å². The Bertz CT molecular complexity index is 2260. The van der Waals surface area contributed by atoms with E-state index in [0.717, 1.165) is 11.3 Å². The molecule has 46 heavy (non-hydrogen) atoms. The zero-order chi connectivity index (χ0) is 32.7. The van der Waals surface area contributed by atoms with E-state index in [1.807, 2.05) is 0 Å². The normalized spacial score (nSPS) is 14.6. The number of hydrogen-bond donors (Lipinski definition) is 1. The third kappa shape index (κ3) is 5.57. The Morgan fingerprint density at radius 1 is 1.11 bits per heavy atom. The Morgan fingerprint density at radius 3 is 2.54 bits per heavy atom. The molecule has 3 aromatic heterocycles. The van der Waals surface area contributed by atoms with Gasteiger partial charge in [0.25, 0.3) is 11.2 Å². The van der Waals surface area contributed by atoms with Crippen LogP contribution in [0.2, 0.25) is 5.02 Å². The van der Waals surface area contributed by atoms with Gasteiger partial charge in [0.05, 0.1) is 37.9 Å². The van der Waals surface area contributed by atoms with Crippen molar-refractivity contribution in [1.82, 2.24) is 4.57 Å². The number of benzene rings is 2. The highest BCUT2D eigenvalue weighted by molar-refractivity contribution is 7.07. The Labute approximate surface area is 267 Å². The van der Waals surface area contributed by atoms with Gasteiger partial charge < -0.3 is 18.7 Å². The first-order chi connectivity index (χ1) is 22.0. The topological polar surface area (TPSA) is 167 Å². The molecule has 2 aromatic carbocycles. The summed E-state index contributed by atoms with van der Waals surface area (Å²) in [5.74, 6) is -0.506. The van der Waals surface area contributed by atoms with Crippen LogP contribution in [-0.2, 0) is 9.53 Å². The minimum atomic E-state index is -1.07. The average Bonchev–Trinajstić information content (AvgIpc) is 3.77. The van der Waals surface area contributed by atoms with Gasteiger partial charge in [-0.1, -0.05) is 35.1 Å². The van der Waals surface area contributed by atoms with Crippen molar-refractivity contribution in [2.45, 2.75) is 19.9 Å². The Hall–Kier alpha value is -5.53. The molecule has 6 rings (SSSR count). The number of fused-ring (bicyclic) bond motifs is 1. The predicted octanol–water partition coefficient (Wildman–Crippen LogP) is 5.58. The van der Waals surface area contributed by atoms with Gasteiger partial charge in [-0.2, -0.15) is 0 Å². The molecule has 4 heterocycles. The monoisotopic (exact) mass is 659 g/mol. The summed E-state index contributed by atoms with van der Waals surface area (Å²) in [6.45, 7) is 3.37. The number of halogens is 1. The summed E-state index contributed by atoms with van der Waals surface area (Å²) < 4.78 is 19.0. The van der Waals surface area contributed by atoms with E-state index < -0.39 is 28.5 Å². The first-order valence-electron chi connectivity index (χ1n) is 13.7. The van der Waals surface area contributed by atoms with Crippen molar-refractivity contribution in [3.8, 4) is 22.6 Å². The highest BCUT2D eigenvalue weighted by Gasteiger charge is 2.35. The number of aromatic nitrogens is 1. The highest BCUT2D eigenvalue weighted by atomic mass is 35.5. The largest absolute Gasteiger partial charge is 0.478 e. The van der Waals surface area contributed by atoms with Gasteiger partial charge in [-0.15, -0.1) is 0 Å². The number of nitrogens with zero attached hydrogens (tertiary/aromatic N) is 3. The van der Waals surface area contributed by atoms with Crippen molar-refractivity contribution in [1.29, 1.82) is 0 Å². The van der Waals surface area contributed by atoms with Crippen LogP contribution in [0, 0.1) is 10.1 Å². The predicted molar refractivity (Wildman–Crippen MR) is 167 cm³/mol. The van der Waals surface area contributed by atoms with Crippen molar-refractivity contribution in [3.63, 3.8) is 0 Å². The molecule has 0 saturated heterocycles. The van der Waals surface area contributed by atoms with E-state index in [1.165, 1.54) is 34.9 Å². The quantitative estimate of drug-likeness (QED) is 0.127. The van der Waals surface area contributed by atoms with Crippen molar-refractivity contribution in [2.75, 3.05) is 6.61 Å². The molecule has 0 fully saturated rings. The van der Waals surface area contributed by atoms with Gasteiger partial charge in [0.15, 0.2) is 4.80 Å². The second kappa shape index (κ2) is 12.1. The number of carbonyl (C=O) groups excluding carboxylic acids is 1. The summed E-state index contributed by atoms with van der Waals surface area (Å²) in [6.07, 6.45) is 1.55. The number of nitro groups is 1. The molecule has 0 radical (unpaired) electrons. The summed E-state index contributed by atoms with van der Waals surface area (Å²) in [5.41, 5.74) is 0.812. The molecule has 0 spiro atoms. The molecular formula is C32H22ClN3O9S. The molecular weight excluding hydrogens is 638 g/mol. The van der Waals surface area contributed by atoms with Crippen molar-refractivity contribution >= 4 is 46.6 Å². The van der Waals surface area contributed by atoms with Crippen LogP contribution in [0.5, 0.6) is 0 Å². The standard InChI is InChI=1S/C32H22ClN3O9S/c1-3-43-31(40)27-16(2)34-32-35(28(27)25-13-12-24(45-25)21-14-19(36(41)42)8-10-22(21)33)29(37)26(46-32)15-20-9-11-23(44-20)17-4-6-18(7-5-17)30(38)39/h4-15,28H,3H2,1-2H3,(H,38,39)/b26-15-/t28-/m0/s1. The second-order valence-corrected chi connectivity index (χ2v) is 11.4. The number of carboxylic acid groups (broad SMARTS) is 1. The van der Waals surface area contributed by atoms with Crippen LogP contribution < -0.4 is 14.9 Å². The summed E-state index contributed by atoms with van der Waals surface area (Å²) in [4.78, 5) is 54.0. The Balaban J connectivity index is 1.44. The van der Waals surface area contributed by atoms with Crippen LogP contribution in [-0.4, -0.2) is 33.1 Å². The van der Waals surface area contributed by atoms with Gasteiger partial charge >= 0.3 is 11.9 Å². The lowest BCUT2D eigenvalue weighted by Crippen LogP contribution is -2.39. The molecule has 1 N–H and O–H groups in total. The fourth-order valence-electron chi connectivity index (χ4n) is 5.01. The Morgan fingerprint density at radius 2 is 1.85 bits per heavy atom. The van der Waals surface area contributed by atoms with Gasteiger partial charge in [-0.3, -0.25) is 19.5 Å². The van der Waals surface area contributed by atoms with E-state index in [2.05, 4.69) is 4.99 Å². The molecule has 0 aliphatic carbocycles. The number of thiazole rings is 1. The summed E-state index contributed by atoms with van der Waals surface area (Å²) in [5, 5.41) is 20.7. The molecule has 1 aliphatic rings. The number of aromatic carboxylic acids is 1. The summed E-state index contributed by atoms with van der Waals surface area (Å²) in [7, 11) is 0. The SMILES string of the molecule is CCOC(=O)C1=C(C)N=c2s/c(=C\c3ccc(-c4ccc(C(=O)O)cc4)o3)c(=O)n2[C@H]1c1ccc(-c2cc([N+](=O)[O-])ccc2Cl)o1. The van der Waals surface area contributed by atoms with Gasteiger partial charge in [-0.25, -0.2) is 14.6 Å². The Kier molecular flexibility index (Phi) is 8.02. The molecule has 1 aliphatic heterocycles. The lowest BCUT2D eigenvalue weighted by Gasteiger charge is -2.22. The zero-order valence-corrected chi connectivity index (χ0v) is 25.6. The fourth-order valence-corrected chi connectivity index (χ4v) is 6.25. The van der Waals surface area contributed by atoms with E-state index in [4.69, 9.17) is 30.3 Å². The average molecular weight is 660 g/mol. The summed E-state index contributed by atoms with van der Waals surface area (Å²) >= 11 is 7.44. The van der Waals surface area contributed by atoms with Crippen LogP contribution in [0.25, 0.3) is 28.7 Å². The number of ether oxygens (including phenoxy) is 1. The van der Waals surface area contributed by atoms with Gasteiger partial charge in [0, 0.05) is 29.3 Å². The molecule has 0 bridgehead atoms. The maximum atomic E-state index is 13.9. The number of allylic oxidation sites excluding steroid dienone is 1. The molecule has 5 aromatic rings. The third-order valence-electron chi connectivity index (χ3n) is 7.16. The maximum absolute atomic E-state index is 13.9. The van der Waals surface area contributed by atoms with Crippen LogP contribution >= 0.6 is 22.9 Å². The molecule has 232 valence electrons. The number of carbonyl (C=O) groups is 2. The number of hydrogen-bond acceptors (Lipinski definition) is 10. The lowest BCUT2D eigenvalue weighted by atomic mass is 10.0. The molecule has 14 heteroatoms. The van der Waals surface area contributed by atoms with Gasteiger partial charge in [0.2, 0.25) is 0 Å². The number of non-ortho nitro benzene ring substituents is 1. The van der Waals surface area contributed by atoms with E-state index in [-0.39, 0.29) is 50.1 Å². The number of carboxylic acids is 1. The minimum Gasteiger partial charge on any atom is -0.478 e. The van der Waals surface area contributed by atoms with Crippen LogP contribution in [0.4, 0.5) is 5.69 Å². The molecule has 0 amide bonds. The molecule has 12 nitrogen and oxygen atoms in total.